The number of carbonyl (C=O) groups is 2. The molecule has 0 aromatic carbocycles. The van der Waals surface area contributed by atoms with Gasteiger partial charge in [-0.1, -0.05) is 0 Å². The van der Waals surface area contributed by atoms with Crippen LogP contribution in [0.3, 0.4) is 0 Å². The van der Waals surface area contributed by atoms with Gasteiger partial charge in [0.2, 0.25) is 11.8 Å². The van der Waals surface area contributed by atoms with Gasteiger partial charge in [0.25, 0.3) is 0 Å². The summed E-state index contributed by atoms with van der Waals surface area (Å²) in [5.41, 5.74) is 1.20. The average molecular weight is 290 g/mol. The van der Waals surface area contributed by atoms with Crippen LogP contribution in [0.5, 0.6) is 0 Å². The summed E-state index contributed by atoms with van der Waals surface area (Å²) in [4.78, 5) is 26.6. The zero-order valence-corrected chi connectivity index (χ0v) is 12.8. The van der Waals surface area contributed by atoms with E-state index < -0.39 is 5.54 Å². The summed E-state index contributed by atoms with van der Waals surface area (Å²) in [6, 6.07) is 1.99. The first-order valence-electron chi connectivity index (χ1n) is 7.50. The van der Waals surface area contributed by atoms with Crippen LogP contribution in [0.25, 0.3) is 0 Å². The van der Waals surface area contributed by atoms with Crippen molar-refractivity contribution >= 4 is 11.8 Å². The van der Waals surface area contributed by atoms with Gasteiger partial charge in [-0.15, -0.1) is 0 Å². The molecule has 2 fully saturated rings. The first-order chi connectivity index (χ1) is 9.90. The fraction of sp³-hybridized carbons (Fsp3) is 0.667. The normalized spacial score (nSPS) is 26.7. The van der Waals surface area contributed by atoms with Crippen LogP contribution in [0.1, 0.15) is 37.6 Å². The van der Waals surface area contributed by atoms with Gasteiger partial charge in [0, 0.05) is 20.0 Å². The van der Waals surface area contributed by atoms with E-state index in [-0.39, 0.29) is 17.7 Å². The van der Waals surface area contributed by atoms with E-state index in [0.717, 1.165) is 24.2 Å². The lowest BCUT2D eigenvalue weighted by molar-refractivity contribution is -0.139. The minimum absolute atomic E-state index is 0.0264. The van der Waals surface area contributed by atoms with Crippen molar-refractivity contribution in [1.29, 1.82) is 0 Å². The van der Waals surface area contributed by atoms with Crippen LogP contribution in [0.4, 0.5) is 0 Å². The van der Waals surface area contributed by atoms with Crippen LogP contribution in [0.2, 0.25) is 0 Å². The molecule has 21 heavy (non-hydrogen) atoms. The number of nitrogens with zero attached hydrogens (tertiary/aromatic N) is 3. The predicted octanol–water partition coefficient (Wildman–Crippen LogP) is 0.746. The minimum atomic E-state index is -0.735. The molecule has 1 unspecified atom stereocenters. The molecule has 6 heteroatoms. The predicted molar refractivity (Wildman–Crippen MR) is 77.3 cm³/mol. The SMILES string of the molecule is Cc1cc(CN2CCC(=O)NC(C)(C3CC3)C2=O)n(C)n1. The van der Waals surface area contributed by atoms with Crippen LogP contribution >= 0.6 is 0 Å². The third-order valence-electron chi connectivity index (χ3n) is 4.58. The summed E-state index contributed by atoms with van der Waals surface area (Å²) in [5, 5.41) is 7.27. The summed E-state index contributed by atoms with van der Waals surface area (Å²) in [5.74, 6) is 0.291. The Labute approximate surface area is 124 Å². The molecule has 1 atom stereocenters. The van der Waals surface area contributed by atoms with Gasteiger partial charge in [-0.25, -0.2) is 0 Å². The van der Waals surface area contributed by atoms with E-state index >= 15 is 0 Å². The average Bonchev–Trinajstić information content (AvgIpc) is 3.21. The van der Waals surface area contributed by atoms with Crippen LogP contribution in [-0.4, -0.2) is 38.6 Å². The molecule has 1 aliphatic carbocycles. The van der Waals surface area contributed by atoms with Gasteiger partial charge in [-0.05, 0) is 38.7 Å². The molecule has 1 N–H and O–H groups in total. The van der Waals surface area contributed by atoms with Crippen molar-refractivity contribution in [3.8, 4) is 0 Å². The van der Waals surface area contributed by atoms with Crippen LogP contribution in [0.15, 0.2) is 6.07 Å². The lowest BCUT2D eigenvalue weighted by Crippen LogP contribution is -2.56. The fourth-order valence-electron chi connectivity index (χ4n) is 3.17. The van der Waals surface area contributed by atoms with E-state index in [0.29, 0.717) is 19.5 Å². The maximum absolute atomic E-state index is 12.9. The lowest BCUT2D eigenvalue weighted by Gasteiger charge is -2.32. The summed E-state index contributed by atoms with van der Waals surface area (Å²) in [6.07, 6.45) is 2.40. The van der Waals surface area contributed by atoms with Crippen molar-refractivity contribution in [1.82, 2.24) is 20.0 Å². The molecule has 1 aliphatic heterocycles. The topological polar surface area (TPSA) is 67.2 Å². The molecule has 1 saturated carbocycles. The van der Waals surface area contributed by atoms with Gasteiger partial charge in [-0.3, -0.25) is 14.3 Å². The number of amides is 2. The van der Waals surface area contributed by atoms with Gasteiger partial charge in [0.1, 0.15) is 5.54 Å². The smallest absolute Gasteiger partial charge is 0.248 e. The van der Waals surface area contributed by atoms with E-state index in [9.17, 15) is 9.59 Å². The Morgan fingerprint density at radius 2 is 2.14 bits per heavy atom. The molecule has 1 saturated heterocycles. The van der Waals surface area contributed by atoms with Gasteiger partial charge in [0.05, 0.1) is 17.9 Å². The molecule has 0 radical (unpaired) electrons. The van der Waals surface area contributed by atoms with Crippen molar-refractivity contribution in [3.05, 3.63) is 17.5 Å². The van der Waals surface area contributed by atoms with Gasteiger partial charge in [0.15, 0.2) is 0 Å². The maximum atomic E-state index is 12.9. The quantitative estimate of drug-likeness (QED) is 0.893. The molecule has 2 heterocycles. The zero-order chi connectivity index (χ0) is 15.2. The van der Waals surface area contributed by atoms with E-state index in [2.05, 4.69) is 10.4 Å². The first-order valence-corrected chi connectivity index (χ1v) is 7.50. The second-order valence-electron chi connectivity index (χ2n) is 6.40. The monoisotopic (exact) mass is 290 g/mol. The largest absolute Gasteiger partial charge is 0.342 e. The van der Waals surface area contributed by atoms with Crippen molar-refractivity contribution in [2.24, 2.45) is 13.0 Å². The third-order valence-corrected chi connectivity index (χ3v) is 4.58. The number of nitrogens with one attached hydrogen (secondary N) is 1. The maximum Gasteiger partial charge on any atom is 0.248 e. The molecule has 1 aromatic rings. The van der Waals surface area contributed by atoms with Crippen molar-refractivity contribution < 1.29 is 9.59 Å². The Morgan fingerprint density at radius 3 is 2.71 bits per heavy atom. The standard InChI is InChI=1S/C15H22N4O2/c1-10-8-12(18(3)17-10)9-19-7-6-13(20)16-15(2,14(19)21)11-4-5-11/h8,11H,4-7,9H2,1-3H3,(H,16,20). The molecule has 2 aliphatic rings. The molecule has 114 valence electrons. The highest BCUT2D eigenvalue weighted by Gasteiger charge is 2.51. The summed E-state index contributed by atoms with van der Waals surface area (Å²) in [6.45, 7) is 4.79. The number of aromatic nitrogens is 2. The fourth-order valence-corrected chi connectivity index (χ4v) is 3.17. The number of aryl methyl sites for hydroxylation is 2. The van der Waals surface area contributed by atoms with E-state index in [1.54, 1.807) is 9.58 Å². The van der Waals surface area contributed by atoms with E-state index in [1.165, 1.54) is 0 Å². The summed E-state index contributed by atoms with van der Waals surface area (Å²) >= 11 is 0. The second kappa shape index (κ2) is 4.86. The Bertz CT molecular complexity index is 590. The van der Waals surface area contributed by atoms with Crippen molar-refractivity contribution in [3.63, 3.8) is 0 Å². The zero-order valence-electron chi connectivity index (χ0n) is 12.8. The summed E-state index contributed by atoms with van der Waals surface area (Å²) < 4.78 is 1.80. The highest BCUT2D eigenvalue weighted by molar-refractivity contribution is 5.93. The highest BCUT2D eigenvalue weighted by Crippen LogP contribution is 2.41. The van der Waals surface area contributed by atoms with Crippen LogP contribution in [-0.2, 0) is 23.2 Å². The van der Waals surface area contributed by atoms with Gasteiger partial charge in [-0.2, -0.15) is 5.10 Å². The van der Waals surface area contributed by atoms with E-state index in [4.69, 9.17) is 0 Å². The Hall–Kier alpha value is -1.85. The molecule has 6 nitrogen and oxygen atoms in total. The number of rotatable bonds is 3. The number of carbonyl (C=O) groups excluding carboxylic acids is 2. The Kier molecular flexibility index (Phi) is 3.26. The molecule has 1 aromatic heterocycles. The molecule has 0 bridgehead atoms. The van der Waals surface area contributed by atoms with E-state index in [1.807, 2.05) is 27.0 Å². The molecule has 3 rings (SSSR count). The van der Waals surface area contributed by atoms with Gasteiger partial charge < -0.3 is 10.2 Å². The second-order valence-corrected chi connectivity index (χ2v) is 6.40. The number of hydrogen-bond donors (Lipinski definition) is 1. The van der Waals surface area contributed by atoms with Crippen LogP contribution in [0, 0.1) is 12.8 Å². The summed E-state index contributed by atoms with van der Waals surface area (Å²) in [7, 11) is 1.88. The number of hydrogen-bond acceptors (Lipinski definition) is 3. The highest BCUT2D eigenvalue weighted by atomic mass is 16.2. The van der Waals surface area contributed by atoms with Gasteiger partial charge >= 0.3 is 0 Å². The molecular weight excluding hydrogens is 268 g/mol. The molecular formula is C15H22N4O2. The third kappa shape index (κ3) is 2.54. The Morgan fingerprint density at radius 1 is 1.43 bits per heavy atom. The van der Waals surface area contributed by atoms with Crippen molar-refractivity contribution in [2.45, 2.75) is 45.2 Å². The lowest BCUT2D eigenvalue weighted by atomic mass is 9.94. The minimum Gasteiger partial charge on any atom is -0.342 e. The molecule has 0 spiro atoms. The first kappa shape index (κ1) is 14.1. The van der Waals surface area contributed by atoms with Crippen LogP contribution < -0.4 is 5.32 Å². The van der Waals surface area contributed by atoms with Crippen molar-refractivity contribution in [2.75, 3.05) is 6.54 Å². The Balaban J connectivity index is 1.85. The molecule has 2 amide bonds.